The third kappa shape index (κ3) is 5.87. The van der Waals surface area contributed by atoms with E-state index in [9.17, 15) is 18.0 Å². The zero-order valence-corrected chi connectivity index (χ0v) is 12.3. The summed E-state index contributed by atoms with van der Waals surface area (Å²) in [5.74, 6) is -1.29. The molecule has 0 spiro atoms. The maximum Gasteiger partial charge on any atom is 0.401 e. The van der Waals surface area contributed by atoms with Gasteiger partial charge in [0.25, 0.3) is 0 Å². The van der Waals surface area contributed by atoms with Crippen LogP contribution < -0.4 is 0 Å². The minimum atomic E-state index is -4.43. The quantitative estimate of drug-likeness (QED) is 0.908. The molecule has 4 nitrogen and oxygen atoms in total. The van der Waals surface area contributed by atoms with Crippen molar-refractivity contribution in [1.82, 2.24) is 9.88 Å². The average Bonchev–Trinajstić information content (AvgIpc) is 2.61. The summed E-state index contributed by atoms with van der Waals surface area (Å²) >= 11 is 1.24. The largest absolute Gasteiger partial charge is 0.480 e. The third-order valence-electron chi connectivity index (χ3n) is 2.44. The molecule has 0 unspecified atom stereocenters. The number of nitrogens with zero attached hydrogens (tertiary/aromatic N) is 2. The molecule has 1 heterocycles. The second-order valence-electron chi connectivity index (χ2n) is 5.53. The highest BCUT2D eigenvalue weighted by Gasteiger charge is 2.32. The zero-order chi connectivity index (χ0) is 15.6. The SMILES string of the molecule is CC(C)(C)c1csc(CN(CC(=O)O)CC(F)(F)F)n1. The molecule has 1 N–H and O–H groups in total. The molecule has 1 aromatic heterocycles. The molecule has 114 valence electrons. The molecule has 0 aliphatic rings. The first-order chi connectivity index (χ1) is 8.97. The maximum absolute atomic E-state index is 12.4. The number of carbonyl (C=O) groups is 1. The van der Waals surface area contributed by atoms with E-state index in [1.807, 2.05) is 20.8 Å². The topological polar surface area (TPSA) is 53.4 Å². The summed E-state index contributed by atoms with van der Waals surface area (Å²) in [5, 5.41) is 10.9. The number of hydrogen-bond donors (Lipinski definition) is 1. The molecule has 1 rings (SSSR count). The Hall–Kier alpha value is -1.15. The lowest BCUT2D eigenvalue weighted by atomic mass is 9.93. The van der Waals surface area contributed by atoms with E-state index < -0.39 is 25.2 Å². The second kappa shape index (κ2) is 6.09. The normalized spacial score (nSPS) is 12.9. The Morgan fingerprint density at radius 3 is 2.40 bits per heavy atom. The summed E-state index contributed by atoms with van der Waals surface area (Å²) in [6, 6.07) is 0. The first kappa shape index (κ1) is 16.9. The van der Waals surface area contributed by atoms with Crippen LogP contribution in [0.2, 0.25) is 0 Å². The number of alkyl halides is 3. The Morgan fingerprint density at radius 2 is 2.00 bits per heavy atom. The minimum Gasteiger partial charge on any atom is -0.480 e. The van der Waals surface area contributed by atoms with Crippen LogP contribution in [0.4, 0.5) is 13.2 Å². The first-order valence-corrected chi connectivity index (χ1v) is 6.81. The van der Waals surface area contributed by atoms with Crippen LogP contribution in [0, 0.1) is 0 Å². The van der Waals surface area contributed by atoms with Crippen LogP contribution in [0.3, 0.4) is 0 Å². The smallest absolute Gasteiger partial charge is 0.401 e. The summed E-state index contributed by atoms with van der Waals surface area (Å²) in [5.41, 5.74) is 0.607. The molecule has 0 amide bonds. The van der Waals surface area contributed by atoms with Gasteiger partial charge in [0.2, 0.25) is 0 Å². The molecule has 0 aromatic carbocycles. The van der Waals surface area contributed by atoms with Gasteiger partial charge in [-0.2, -0.15) is 13.2 Å². The maximum atomic E-state index is 12.4. The van der Waals surface area contributed by atoms with Gasteiger partial charge in [-0.3, -0.25) is 9.69 Å². The van der Waals surface area contributed by atoms with Crippen molar-refractivity contribution >= 4 is 17.3 Å². The van der Waals surface area contributed by atoms with Gasteiger partial charge in [-0.25, -0.2) is 4.98 Å². The van der Waals surface area contributed by atoms with Gasteiger partial charge in [0.1, 0.15) is 5.01 Å². The molecule has 0 aliphatic carbocycles. The van der Waals surface area contributed by atoms with Gasteiger partial charge in [-0.05, 0) is 0 Å². The van der Waals surface area contributed by atoms with E-state index in [1.165, 1.54) is 11.3 Å². The van der Waals surface area contributed by atoms with Gasteiger partial charge in [0, 0.05) is 10.8 Å². The van der Waals surface area contributed by atoms with Crippen molar-refractivity contribution in [2.24, 2.45) is 0 Å². The van der Waals surface area contributed by atoms with Gasteiger partial charge in [-0.15, -0.1) is 11.3 Å². The van der Waals surface area contributed by atoms with Crippen molar-refractivity contribution in [2.45, 2.75) is 38.9 Å². The molecule has 8 heteroatoms. The van der Waals surface area contributed by atoms with E-state index >= 15 is 0 Å². The molecule has 0 atom stereocenters. The van der Waals surface area contributed by atoms with Crippen LogP contribution >= 0.6 is 11.3 Å². The summed E-state index contributed by atoms with van der Waals surface area (Å²) < 4.78 is 37.2. The fourth-order valence-corrected chi connectivity index (χ4v) is 2.59. The van der Waals surface area contributed by atoms with Crippen LogP contribution in [-0.4, -0.2) is 40.2 Å². The van der Waals surface area contributed by atoms with Crippen LogP contribution in [0.25, 0.3) is 0 Å². The number of carboxylic acids is 1. The minimum absolute atomic E-state index is 0.118. The lowest BCUT2D eigenvalue weighted by Crippen LogP contribution is -2.37. The molecule has 0 saturated heterocycles. The van der Waals surface area contributed by atoms with E-state index in [-0.39, 0.29) is 12.0 Å². The van der Waals surface area contributed by atoms with Crippen LogP contribution in [0.5, 0.6) is 0 Å². The number of halogens is 3. The first-order valence-electron chi connectivity index (χ1n) is 5.93. The highest BCUT2D eigenvalue weighted by atomic mass is 32.1. The molecule has 0 aliphatic heterocycles. The highest BCUT2D eigenvalue weighted by molar-refractivity contribution is 7.09. The fraction of sp³-hybridized carbons (Fsp3) is 0.667. The van der Waals surface area contributed by atoms with E-state index in [4.69, 9.17) is 5.11 Å². The number of thiazole rings is 1. The van der Waals surface area contributed by atoms with Crippen LogP contribution in [0.1, 0.15) is 31.5 Å². The number of carboxylic acid groups (broad SMARTS) is 1. The van der Waals surface area contributed by atoms with Crippen LogP contribution in [-0.2, 0) is 16.8 Å². The van der Waals surface area contributed by atoms with Gasteiger partial charge in [0.05, 0.1) is 25.3 Å². The van der Waals surface area contributed by atoms with Crippen molar-refractivity contribution in [3.63, 3.8) is 0 Å². The number of aromatic nitrogens is 1. The van der Waals surface area contributed by atoms with Crippen LogP contribution in [0.15, 0.2) is 5.38 Å². The monoisotopic (exact) mass is 310 g/mol. The molecule has 0 radical (unpaired) electrons. The van der Waals surface area contributed by atoms with Crippen molar-refractivity contribution < 1.29 is 23.1 Å². The van der Waals surface area contributed by atoms with Gasteiger partial charge < -0.3 is 5.11 Å². The van der Waals surface area contributed by atoms with E-state index in [2.05, 4.69) is 4.98 Å². The number of rotatable bonds is 5. The van der Waals surface area contributed by atoms with Crippen molar-refractivity contribution in [1.29, 1.82) is 0 Å². The van der Waals surface area contributed by atoms with E-state index in [0.717, 1.165) is 10.6 Å². The predicted molar refractivity (Wildman–Crippen MR) is 69.8 cm³/mol. The Morgan fingerprint density at radius 1 is 1.40 bits per heavy atom. The van der Waals surface area contributed by atoms with Crippen molar-refractivity contribution in [2.75, 3.05) is 13.1 Å². The summed E-state index contributed by atoms with van der Waals surface area (Å²) in [6.45, 7) is 3.82. The summed E-state index contributed by atoms with van der Waals surface area (Å²) in [6.07, 6.45) is -4.43. The Kier molecular flexibility index (Phi) is 5.15. The van der Waals surface area contributed by atoms with Gasteiger partial charge in [-0.1, -0.05) is 20.8 Å². The van der Waals surface area contributed by atoms with Crippen molar-refractivity contribution in [3.05, 3.63) is 16.1 Å². The summed E-state index contributed by atoms with van der Waals surface area (Å²) in [4.78, 5) is 15.7. The Labute approximate surface area is 119 Å². The van der Waals surface area contributed by atoms with Gasteiger partial charge in [0.15, 0.2) is 0 Å². The number of aliphatic carboxylic acids is 1. The molecule has 20 heavy (non-hydrogen) atoms. The highest BCUT2D eigenvalue weighted by Crippen LogP contribution is 2.25. The fourth-order valence-electron chi connectivity index (χ4n) is 1.53. The lowest BCUT2D eigenvalue weighted by molar-refractivity contribution is -0.154. The predicted octanol–water partition coefficient (Wildman–Crippen LogP) is 2.89. The molecule has 0 fully saturated rings. The molecule has 1 aromatic rings. The molecule has 0 saturated carbocycles. The Balaban J connectivity index is 2.79. The van der Waals surface area contributed by atoms with Gasteiger partial charge >= 0.3 is 12.1 Å². The third-order valence-corrected chi connectivity index (χ3v) is 3.27. The summed E-state index contributed by atoms with van der Waals surface area (Å²) in [7, 11) is 0. The lowest BCUT2D eigenvalue weighted by Gasteiger charge is -2.20. The molecule has 0 bridgehead atoms. The average molecular weight is 310 g/mol. The number of hydrogen-bond acceptors (Lipinski definition) is 4. The van der Waals surface area contributed by atoms with E-state index in [1.54, 1.807) is 5.38 Å². The van der Waals surface area contributed by atoms with E-state index in [0.29, 0.717) is 5.01 Å². The standard InChI is InChI=1S/C12H17F3N2O2S/c1-11(2,3)8-6-20-9(16-8)4-17(5-10(18)19)7-12(13,14)15/h6H,4-5,7H2,1-3H3,(H,18,19). The second-order valence-corrected chi connectivity index (χ2v) is 6.47. The molecular formula is C12H17F3N2O2S. The Bertz CT molecular complexity index is 466. The zero-order valence-electron chi connectivity index (χ0n) is 11.5. The van der Waals surface area contributed by atoms with Crippen molar-refractivity contribution in [3.8, 4) is 0 Å². The molecular weight excluding hydrogens is 293 g/mol.